The Morgan fingerprint density at radius 1 is 1.17 bits per heavy atom. The molecule has 23 heavy (non-hydrogen) atoms. The van der Waals surface area contributed by atoms with Crippen LogP contribution in [0.2, 0.25) is 0 Å². The molecule has 0 spiro atoms. The molecule has 2 aromatic carbocycles. The number of ether oxygens (including phenoxy) is 1. The van der Waals surface area contributed by atoms with Gasteiger partial charge in [0.05, 0.1) is 12.8 Å². The zero-order valence-corrected chi connectivity index (χ0v) is 14.1. The Morgan fingerprint density at radius 2 is 1.96 bits per heavy atom. The van der Waals surface area contributed by atoms with E-state index in [0.29, 0.717) is 13.1 Å². The van der Waals surface area contributed by atoms with Gasteiger partial charge in [0, 0.05) is 20.1 Å². The molecule has 1 aliphatic heterocycles. The monoisotopic (exact) mass is 332 g/mol. The van der Waals surface area contributed by atoms with Gasteiger partial charge in [0.1, 0.15) is 5.75 Å². The van der Waals surface area contributed by atoms with E-state index in [9.17, 15) is 8.42 Å². The van der Waals surface area contributed by atoms with Crippen LogP contribution in [0.15, 0.2) is 48.5 Å². The Balaban J connectivity index is 1.82. The zero-order valence-electron chi connectivity index (χ0n) is 13.3. The lowest BCUT2D eigenvalue weighted by Crippen LogP contribution is -2.40. The lowest BCUT2D eigenvalue weighted by atomic mass is 10.2. The summed E-state index contributed by atoms with van der Waals surface area (Å²) < 4.78 is 33.8. The standard InChI is InChI=1S/C17H20N2O3S/c1-18(13-14-6-5-8-16(12-14)22-2)23(20,21)19-11-10-15-7-3-4-9-17(15)19/h3-9,12H,10-11,13H2,1-2H3. The first-order valence-electron chi connectivity index (χ1n) is 7.47. The molecule has 0 saturated heterocycles. The normalized spacial score (nSPS) is 14.1. The molecule has 5 nitrogen and oxygen atoms in total. The smallest absolute Gasteiger partial charge is 0.304 e. The van der Waals surface area contributed by atoms with E-state index in [1.54, 1.807) is 14.2 Å². The maximum absolute atomic E-state index is 12.9. The summed E-state index contributed by atoms with van der Waals surface area (Å²) in [4.78, 5) is 0. The topological polar surface area (TPSA) is 49.9 Å². The molecule has 0 radical (unpaired) electrons. The van der Waals surface area contributed by atoms with E-state index < -0.39 is 10.2 Å². The molecule has 0 saturated carbocycles. The predicted molar refractivity (Wildman–Crippen MR) is 90.9 cm³/mol. The molecule has 0 amide bonds. The molecular formula is C17H20N2O3S. The van der Waals surface area contributed by atoms with Crippen LogP contribution >= 0.6 is 0 Å². The highest BCUT2D eigenvalue weighted by Gasteiger charge is 2.32. The molecule has 0 bridgehead atoms. The summed E-state index contributed by atoms with van der Waals surface area (Å²) in [6.07, 6.45) is 0.752. The second kappa shape index (κ2) is 6.22. The fourth-order valence-corrected chi connectivity index (χ4v) is 4.22. The summed E-state index contributed by atoms with van der Waals surface area (Å²) in [5.41, 5.74) is 2.75. The van der Waals surface area contributed by atoms with Crippen LogP contribution in [-0.4, -0.2) is 33.4 Å². The van der Waals surface area contributed by atoms with E-state index in [4.69, 9.17) is 4.74 Å². The molecule has 0 atom stereocenters. The van der Waals surface area contributed by atoms with Gasteiger partial charge in [-0.05, 0) is 35.7 Å². The number of rotatable bonds is 5. The molecule has 2 aromatic rings. The predicted octanol–water partition coefficient (Wildman–Crippen LogP) is 2.43. The van der Waals surface area contributed by atoms with Crippen molar-refractivity contribution in [2.24, 2.45) is 0 Å². The summed E-state index contributed by atoms with van der Waals surface area (Å²) in [6.45, 7) is 0.794. The molecule has 3 rings (SSSR count). The first-order chi connectivity index (χ1) is 11.0. The van der Waals surface area contributed by atoms with Gasteiger partial charge in [-0.3, -0.25) is 4.31 Å². The zero-order chi connectivity index (χ0) is 16.4. The van der Waals surface area contributed by atoms with Crippen LogP contribution < -0.4 is 9.04 Å². The molecule has 0 unspecified atom stereocenters. The number of anilines is 1. The average Bonchev–Trinajstić information content (AvgIpc) is 2.99. The molecular weight excluding hydrogens is 312 g/mol. The maximum Gasteiger partial charge on any atom is 0.304 e. The van der Waals surface area contributed by atoms with Crippen LogP contribution in [0.1, 0.15) is 11.1 Å². The third-order valence-electron chi connectivity index (χ3n) is 4.06. The van der Waals surface area contributed by atoms with Crippen molar-refractivity contribution in [3.05, 3.63) is 59.7 Å². The van der Waals surface area contributed by atoms with E-state index in [1.165, 1.54) is 8.61 Å². The maximum atomic E-state index is 12.9. The highest BCUT2D eigenvalue weighted by Crippen LogP contribution is 2.31. The molecule has 0 N–H and O–H groups in total. The van der Waals surface area contributed by atoms with Crippen LogP contribution in [0.4, 0.5) is 5.69 Å². The lowest BCUT2D eigenvalue weighted by molar-refractivity contribution is 0.412. The Bertz CT molecular complexity index is 805. The summed E-state index contributed by atoms with van der Waals surface area (Å²) >= 11 is 0. The van der Waals surface area contributed by atoms with Crippen molar-refractivity contribution in [2.75, 3.05) is 25.0 Å². The number of hydrogen-bond donors (Lipinski definition) is 0. The minimum atomic E-state index is -3.54. The highest BCUT2D eigenvalue weighted by atomic mass is 32.2. The van der Waals surface area contributed by atoms with Crippen molar-refractivity contribution in [2.45, 2.75) is 13.0 Å². The van der Waals surface area contributed by atoms with Gasteiger partial charge < -0.3 is 4.74 Å². The second-order valence-corrected chi connectivity index (χ2v) is 7.53. The molecule has 1 heterocycles. The number of hydrogen-bond acceptors (Lipinski definition) is 3. The van der Waals surface area contributed by atoms with Gasteiger partial charge in [0.15, 0.2) is 0 Å². The Labute approximate surface area is 137 Å². The van der Waals surface area contributed by atoms with E-state index >= 15 is 0 Å². The van der Waals surface area contributed by atoms with Gasteiger partial charge in [-0.25, -0.2) is 0 Å². The summed E-state index contributed by atoms with van der Waals surface area (Å²) in [5.74, 6) is 0.722. The highest BCUT2D eigenvalue weighted by molar-refractivity contribution is 7.90. The molecule has 1 aliphatic rings. The average molecular weight is 332 g/mol. The fourth-order valence-electron chi connectivity index (χ4n) is 2.83. The molecule has 6 heteroatoms. The first-order valence-corrected chi connectivity index (χ1v) is 8.87. The van der Waals surface area contributed by atoms with Crippen LogP contribution in [0, 0.1) is 0 Å². The van der Waals surface area contributed by atoms with Crippen LogP contribution in [0.5, 0.6) is 5.75 Å². The largest absolute Gasteiger partial charge is 0.497 e. The van der Waals surface area contributed by atoms with Crippen LogP contribution in [-0.2, 0) is 23.2 Å². The number of para-hydroxylation sites is 1. The molecule has 122 valence electrons. The Morgan fingerprint density at radius 3 is 2.74 bits per heavy atom. The number of nitrogens with zero attached hydrogens (tertiary/aromatic N) is 2. The SMILES string of the molecule is COc1cccc(CN(C)S(=O)(=O)N2CCc3ccccc32)c1. The van der Waals surface area contributed by atoms with Crippen molar-refractivity contribution in [1.29, 1.82) is 0 Å². The van der Waals surface area contributed by atoms with E-state index in [2.05, 4.69) is 0 Å². The van der Waals surface area contributed by atoms with Gasteiger partial charge in [-0.15, -0.1) is 0 Å². The summed E-state index contributed by atoms with van der Waals surface area (Å²) in [6, 6.07) is 15.1. The summed E-state index contributed by atoms with van der Waals surface area (Å²) in [7, 11) is -0.339. The van der Waals surface area contributed by atoms with E-state index in [0.717, 1.165) is 29.0 Å². The number of benzene rings is 2. The second-order valence-electron chi connectivity index (χ2n) is 5.57. The minimum Gasteiger partial charge on any atom is -0.497 e. The summed E-state index contributed by atoms with van der Waals surface area (Å²) in [5, 5.41) is 0. The third kappa shape index (κ3) is 3.04. The Kier molecular flexibility index (Phi) is 4.28. The first kappa shape index (κ1) is 15.8. The lowest BCUT2D eigenvalue weighted by Gasteiger charge is -2.26. The van der Waals surface area contributed by atoms with E-state index in [-0.39, 0.29) is 0 Å². The molecule has 0 aliphatic carbocycles. The molecule has 0 aromatic heterocycles. The number of methoxy groups -OCH3 is 1. The quantitative estimate of drug-likeness (QED) is 0.845. The number of fused-ring (bicyclic) bond motifs is 1. The van der Waals surface area contributed by atoms with Crippen molar-refractivity contribution in [3.63, 3.8) is 0 Å². The minimum absolute atomic E-state index is 0.304. The van der Waals surface area contributed by atoms with Crippen molar-refractivity contribution < 1.29 is 13.2 Å². The van der Waals surface area contributed by atoms with E-state index in [1.807, 2.05) is 48.5 Å². The molecule has 0 fully saturated rings. The fraction of sp³-hybridized carbons (Fsp3) is 0.294. The van der Waals surface area contributed by atoms with Crippen molar-refractivity contribution in [1.82, 2.24) is 4.31 Å². The van der Waals surface area contributed by atoms with Gasteiger partial charge in [-0.1, -0.05) is 30.3 Å². The van der Waals surface area contributed by atoms with Crippen LogP contribution in [0.25, 0.3) is 0 Å². The van der Waals surface area contributed by atoms with Crippen molar-refractivity contribution >= 4 is 15.9 Å². The van der Waals surface area contributed by atoms with Gasteiger partial charge in [0.2, 0.25) is 0 Å². The van der Waals surface area contributed by atoms with Crippen molar-refractivity contribution in [3.8, 4) is 5.75 Å². The van der Waals surface area contributed by atoms with Gasteiger partial charge in [0.25, 0.3) is 0 Å². The van der Waals surface area contributed by atoms with Crippen LogP contribution in [0.3, 0.4) is 0 Å². The third-order valence-corrected chi connectivity index (χ3v) is 5.91. The Hall–Kier alpha value is -2.05. The van der Waals surface area contributed by atoms with Gasteiger partial charge >= 0.3 is 10.2 Å². The van der Waals surface area contributed by atoms with Gasteiger partial charge in [-0.2, -0.15) is 12.7 Å².